The van der Waals surface area contributed by atoms with E-state index >= 15 is 0 Å². The van der Waals surface area contributed by atoms with Crippen molar-refractivity contribution in [1.82, 2.24) is 0 Å². The normalized spacial score (nSPS) is 11.6. The largest absolute Gasteiger partial charge is 0.298 e. The molecule has 1 aromatic carbocycles. The first-order valence-electron chi connectivity index (χ1n) is 5.37. The standard InChI is InChI=1S/C13H16BrFOS/c1-13(2,3)17-8-11(16)6-9-4-5-10(15)7-12(9)14/h4-5,7H,6,8H2,1-3H3. The van der Waals surface area contributed by atoms with E-state index in [4.69, 9.17) is 0 Å². The molecule has 0 N–H and O–H groups in total. The molecule has 0 fully saturated rings. The van der Waals surface area contributed by atoms with Crippen LogP contribution in [0.2, 0.25) is 0 Å². The summed E-state index contributed by atoms with van der Waals surface area (Å²) in [6.45, 7) is 6.25. The molecule has 0 aliphatic carbocycles. The van der Waals surface area contributed by atoms with E-state index in [2.05, 4.69) is 36.7 Å². The molecule has 0 saturated carbocycles. The Hall–Kier alpha value is -0.350. The summed E-state index contributed by atoms with van der Waals surface area (Å²) in [7, 11) is 0. The maximum absolute atomic E-state index is 12.9. The second-order valence-electron chi connectivity index (χ2n) is 4.85. The predicted molar refractivity (Wildman–Crippen MR) is 75.0 cm³/mol. The number of rotatable bonds is 4. The molecule has 1 nitrogen and oxygen atoms in total. The minimum atomic E-state index is -0.294. The Morgan fingerprint density at radius 3 is 2.59 bits per heavy atom. The highest BCUT2D eigenvalue weighted by Gasteiger charge is 2.14. The van der Waals surface area contributed by atoms with Crippen LogP contribution in [0.5, 0.6) is 0 Å². The zero-order valence-corrected chi connectivity index (χ0v) is 12.6. The molecule has 0 aliphatic heterocycles. The van der Waals surface area contributed by atoms with Gasteiger partial charge in [0.2, 0.25) is 0 Å². The first-order valence-corrected chi connectivity index (χ1v) is 7.15. The van der Waals surface area contributed by atoms with Gasteiger partial charge in [0.05, 0.1) is 5.75 Å². The Morgan fingerprint density at radius 1 is 1.41 bits per heavy atom. The van der Waals surface area contributed by atoms with Gasteiger partial charge in [-0.25, -0.2) is 4.39 Å². The lowest BCUT2D eigenvalue weighted by molar-refractivity contribution is -0.116. The zero-order chi connectivity index (χ0) is 13.1. The van der Waals surface area contributed by atoms with E-state index in [1.165, 1.54) is 12.1 Å². The van der Waals surface area contributed by atoms with Crippen LogP contribution in [0, 0.1) is 5.82 Å². The number of hydrogen-bond donors (Lipinski definition) is 0. The van der Waals surface area contributed by atoms with Crippen LogP contribution in [0.25, 0.3) is 0 Å². The Morgan fingerprint density at radius 2 is 2.06 bits per heavy atom. The average molecular weight is 319 g/mol. The van der Waals surface area contributed by atoms with Gasteiger partial charge >= 0.3 is 0 Å². The molecule has 0 heterocycles. The van der Waals surface area contributed by atoms with E-state index in [0.29, 0.717) is 16.6 Å². The van der Waals surface area contributed by atoms with Crippen LogP contribution in [0.15, 0.2) is 22.7 Å². The topological polar surface area (TPSA) is 17.1 Å². The average Bonchev–Trinajstić information content (AvgIpc) is 2.18. The van der Waals surface area contributed by atoms with Crippen molar-refractivity contribution in [1.29, 1.82) is 0 Å². The lowest BCUT2D eigenvalue weighted by atomic mass is 10.1. The lowest BCUT2D eigenvalue weighted by Crippen LogP contribution is -2.14. The second kappa shape index (κ2) is 6.01. The fourth-order valence-electron chi connectivity index (χ4n) is 1.23. The first kappa shape index (κ1) is 14.7. The van der Waals surface area contributed by atoms with E-state index in [9.17, 15) is 9.18 Å². The number of carbonyl (C=O) groups is 1. The fourth-order valence-corrected chi connectivity index (χ4v) is 2.41. The van der Waals surface area contributed by atoms with Crippen molar-refractivity contribution in [2.75, 3.05) is 5.75 Å². The Balaban J connectivity index is 2.57. The lowest BCUT2D eigenvalue weighted by Gasteiger charge is -2.16. The van der Waals surface area contributed by atoms with Gasteiger partial charge in [0.15, 0.2) is 0 Å². The van der Waals surface area contributed by atoms with Crippen LogP contribution in [-0.2, 0) is 11.2 Å². The Bertz CT molecular complexity index is 412. The number of hydrogen-bond acceptors (Lipinski definition) is 2. The SMILES string of the molecule is CC(C)(C)SCC(=O)Cc1ccc(F)cc1Br. The van der Waals surface area contributed by atoms with Crippen LogP contribution in [0.4, 0.5) is 4.39 Å². The molecule has 0 aromatic heterocycles. The third-order valence-electron chi connectivity index (χ3n) is 2.07. The minimum absolute atomic E-state index is 0.0929. The van der Waals surface area contributed by atoms with E-state index in [0.717, 1.165) is 5.56 Å². The molecule has 0 saturated heterocycles. The van der Waals surface area contributed by atoms with Crippen molar-refractivity contribution >= 4 is 33.5 Å². The molecule has 0 atom stereocenters. The monoisotopic (exact) mass is 318 g/mol. The molecule has 1 aromatic rings. The molecule has 0 unspecified atom stereocenters. The Kier molecular flexibility index (Phi) is 5.20. The summed E-state index contributed by atoms with van der Waals surface area (Å²) in [4.78, 5) is 11.8. The highest BCUT2D eigenvalue weighted by atomic mass is 79.9. The van der Waals surface area contributed by atoms with Gasteiger partial charge in [0, 0.05) is 15.6 Å². The molecule has 0 spiro atoms. The number of thioether (sulfide) groups is 1. The van der Waals surface area contributed by atoms with Gasteiger partial charge < -0.3 is 0 Å². The molecule has 94 valence electrons. The van der Waals surface area contributed by atoms with Crippen molar-refractivity contribution in [3.8, 4) is 0 Å². The summed E-state index contributed by atoms with van der Waals surface area (Å²) in [5.74, 6) is 0.363. The molecular weight excluding hydrogens is 303 g/mol. The quantitative estimate of drug-likeness (QED) is 0.826. The third kappa shape index (κ3) is 5.68. The maximum Gasteiger partial charge on any atom is 0.147 e. The molecule has 0 radical (unpaired) electrons. The summed E-state index contributed by atoms with van der Waals surface area (Å²) in [5, 5.41) is 0. The number of halogens is 2. The predicted octanol–water partition coefficient (Wildman–Crippen LogP) is 4.23. The number of Topliss-reactive ketones (excluding diaryl/α,β-unsaturated/α-hetero) is 1. The van der Waals surface area contributed by atoms with Crippen molar-refractivity contribution in [2.45, 2.75) is 31.9 Å². The summed E-state index contributed by atoms with van der Waals surface area (Å²) >= 11 is 4.90. The van der Waals surface area contributed by atoms with Gasteiger partial charge in [-0.1, -0.05) is 42.8 Å². The highest BCUT2D eigenvalue weighted by molar-refractivity contribution is 9.10. The van der Waals surface area contributed by atoms with E-state index in [1.807, 2.05) is 0 Å². The summed E-state index contributed by atoms with van der Waals surface area (Å²) in [5.41, 5.74) is 0.839. The number of benzene rings is 1. The minimum Gasteiger partial charge on any atom is -0.298 e. The summed E-state index contributed by atoms with van der Waals surface area (Å²) in [6.07, 6.45) is 0.351. The third-order valence-corrected chi connectivity index (χ3v) is 4.14. The molecule has 0 amide bonds. The molecule has 4 heteroatoms. The first-order chi connectivity index (χ1) is 7.78. The van der Waals surface area contributed by atoms with Crippen LogP contribution >= 0.6 is 27.7 Å². The van der Waals surface area contributed by atoms with E-state index in [-0.39, 0.29) is 16.3 Å². The molecule has 0 aliphatic rings. The maximum atomic E-state index is 12.9. The zero-order valence-electron chi connectivity index (χ0n) is 10.2. The molecule has 0 bridgehead atoms. The number of carbonyl (C=O) groups excluding carboxylic acids is 1. The van der Waals surface area contributed by atoms with Crippen molar-refractivity contribution in [2.24, 2.45) is 0 Å². The van der Waals surface area contributed by atoms with E-state index < -0.39 is 0 Å². The van der Waals surface area contributed by atoms with Crippen LogP contribution in [0.1, 0.15) is 26.3 Å². The van der Waals surface area contributed by atoms with Crippen molar-refractivity contribution < 1.29 is 9.18 Å². The summed E-state index contributed by atoms with van der Waals surface area (Å²) < 4.78 is 13.6. The Labute approximate surface area is 114 Å². The van der Waals surface area contributed by atoms with Crippen molar-refractivity contribution in [3.05, 3.63) is 34.1 Å². The van der Waals surface area contributed by atoms with Gasteiger partial charge in [-0.3, -0.25) is 4.79 Å². The molecule has 1 rings (SSSR count). The van der Waals surface area contributed by atoms with E-state index in [1.54, 1.807) is 17.8 Å². The van der Waals surface area contributed by atoms with Gasteiger partial charge in [-0.15, -0.1) is 11.8 Å². The highest BCUT2D eigenvalue weighted by Crippen LogP contribution is 2.24. The van der Waals surface area contributed by atoms with Gasteiger partial charge in [-0.2, -0.15) is 0 Å². The molecule has 17 heavy (non-hydrogen) atoms. The van der Waals surface area contributed by atoms with Crippen molar-refractivity contribution in [3.63, 3.8) is 0 Å². The van der Waals surface area contributed by atoms with Crippen LogP contribution < -0.4 is 0 Å². The second-order valence-corrected chi connectivity index (χ2v) is 7.51. The fraction of sp³-hybridized carbons (Fsp3) is 0.462. The van der Waals surface area contributed by atoms with Gasteiger partial charge in [0.1, 0.15) is 11.6 Å². The van der Waals surface area contributed by atoms with Crippen LogP contribution in [-0.4, -0.2) is 16.3 Å². The smallest absolute Gasteiger partial charge is 0.147 e. The molecular formula is C13H16BrFOS. The number of ketones is 1. The van der Waals surface area contributed by atoms with Gasteiger partial charge in [-0.05, 0) is 17.7 Å². The van der Waals surface area contributed by atoms with Gasteiger partial charge in [0.25, 0.3) is 0 Å². The van der Waals surface area contributed by atoms with Crippen LogP contribution in [0.3, 0.4) is 0 Å². The summed E-state index contributed by atoms with van der Waals surface area (Å²) in [6, 6.07) is 4.42.